The molecule has 84 valence electrons. The van der Waals surface area contributed by atoms with E-state index >= 15 is 0 Å². The van der Waals surface area contributed by atoms with Crippen molar-refractivity contribution in [2.45, 2.75) is 44.1 Å². The van der Waals surface area contributed by atoms with Crippen molar-refractivity contribution in [2.75, 3.05) is 5.75 Å². The van der Waals surface area contributed by atoms with E-state index in [9.17, 15) is 0 Å². The number of thioether (sulfide) groups is 1. The van der Waals surface area contributed by atoms with Gasteiger partial charge in [-0.2, -0.15) is 0 Å². The fourth-order valence-electron chi connectivity index (χ4n) is 1.37. The molecule has 1 unspecified atom stereocenters. The Hall–Kier alpha value is -0.470. The average Bonchev–Trinajstić information content (AvgIpc) is 2.20. The number of hydrogen-bond donors (Lipinski definition) is 1. The van der Waals surface area contributed by atoms with Crippen molar-refractivity contribution in [2.24, 2.45) is 0 Å². The van der Waals surface area contributed by atoms with Crippen LogP contribution in [-0.2, 0) is 0 Å². The standard InChI is InChI=1S/C13H20OS/c1-11-6-8-13(9-7-11)15-10-4-3-5-12(2)14/h6-9,12,14H,3-5,10H2,1-2H3. The molecule has 15 heavy (non-hydrogen) atoms. The molecule has 0 aromatic heterocycles. The van der Waals surface area contributed by atoms with Crippen LogP contribution < -0.4 is 0 Å². The summed E-state index contributed by atoms with van der Waals surface area (Å²) in [5.41, 5.74) is 1.31. The highest BCUT2D eigenvalue weighted by Gasteiger charge is 1.97. The van der Waals surface area contributed by atoms with Crippen LogP contribution in [0, 0.1) is 6.92 Å². The van der Waals surface area contributed by atoms with Gasteiger partial charge in [0.05, 0.1) is 6.10 Å². The van der Waals surface area contributed by atoms with E-state index in [0.717, 1.165) is 18.6 Å². The van der Waals surface area contributed by atoms with Gasteiger partial charge in [0.15, 0.2) is 0 Å². The molecule has 0 saturated heterocycles. The van der Waals surface area contributed by atoms with Gasteiger partial charge >= 0.3 is 0 Å². The van der Waals surface area contributed by atoms with Gasteiger partial charge in [-0.15, -0.1) is 11.8 Å². The Balaban J connectivity index is 2.12. The molecule has 1 N–H and O–H groups in total. The zero-order chi connectivity index (χ0) is 11.1. The maximum Gasteiger partial charge on any atom is 0.0512 e. The van der Waals surface area contributed by atoms with E-state index in [4.69, 9.17) is 5.11 Å². The van der Waals surface area contributed by atoms with Crippen LogP contribution in [0.4, 0.5) is 0 Å². The van der Waals surface area contributed by atoms with E-state index in [1.807, 2.05) is 18.7 Å². The summed E-state index contributed by atoms with van der Waals surface area (Å²) in [4.78, 5) is 1.35. The summed E-state index contributed by atoms with van der Waals surface area (Å²) < 4.78 is 0. The Kier molecular flexibility index (Phi) is 5.81. The van der Waals surface area contributed by atoms with Gasteiger partial charge in [-0.25, -0.2) is 0 Å². The molecule has 1 rings (SSSR count). The van der Waals surface area contributed by atoms with E-state index in [-0.39, 0.29) is 6.10 Å². The summed E-state index contributed by atoms with van der Waals surface area (Å²) in [5, 5.41) is 9.09. The molecule has 0 spiro atoms. The summed E-state index contributed by atoms with van der Waals surface area (Å²) in [6.45, 7) is 3.96. The average molecular weight is 224 g/mol. The topological polar surface area (TPSA) is 20.2 Å². The maximum absolute atomic E-state index is 9.09. The van der Waals surface area contributed by atoms with Gasteiger partial charge in [0, 0.05) is 4.90 Å². The second kappa shape index (κ2) is 6.91. The number of benzene rings is 1. The predicted molar refractivity (Wildman–Crippen MR) is 67.4 cm³/mol. The SMILES string of the molecule is Cc1ccc(SCCCCC(C)O)cc1. The fourth-order valence-corrected chi connectivity index (χ4v) is 2.28. The smallest absolute Gasteiger partial charge is 0.0512 e. The zero-order valence-electron chi connectivity index (χ0n) is 9.57. The fraction of sp³-hybridized carbons (Fsp3) is 0.538. The number of aliphatic hydroxyl groups excluding tert-OH is 1. The van der Waals surface area contributed by atoms with Crippen LogP contribution in [0.2, 0.25) is 0 Å². The van der Waals surface area contributed by atoms with Crippen molar-refractivity contribution in [3.8, 4) is 0 Å². The Morgan fingerprint density at radius 3 is 2.47 bits per heavy atom. The van der Waals surface area contributed by atoms with Gasteiger partial charge < -0.3 is 5.11 Å². The van der Waals surface area contributed by atoms with Gasteiger partial charge in [0.2, 0.25) is 0 Å². The largest absolute Gasteiger partial charge is 0.393 e. The summed E-state index contributed by atoms with van der Waals surface area (Å²) in [7, 11) is 0. The minimum Gasteiger partial charge on any atom is -0.393 e. The predicted octanol–water partition coefficient (Wildman–Crippen LogP) is 3.64. The van der Waals surface area contributed by atoms with E-state index in [0.29, 0.717) is 0 Å². The molecular formula is C13H20OS. The highest BCUT2D eigenvalue weighted by atomic mass is 32.2. The molecule has 0 saturated carbocycles. The van der Waals surface area contributed by atoms with Gasteiger partial charge in [0.25, 0.3) is 0 Å². The van der Waals surface area contributed by atoms with Gasteiger partial charge in [-0.3, -0.25) is 0 Å². The number of aryl methyl sites for hydroxylation is 1. The summed E-state index contributed by atoms with van der Waals surface area (Å²) in [6.07, 6.45) is 3.09. The molecule has 0 bridgehead atoms. The number of hydrogen-bond acceptors (Lipinski definition) is 2. The van der Waals surface area contributed by atoms with Crippen LogP contribution in [0.15, 0.2) is 29.2 Å². The highest BCUT2D eigenvalue weighted by molar-refractivity contribution is 7.99. The molecule has 0 amide bonds. The Bertz CT molecular complexity index is 266. The molecule has 1 aromatic rings. The van der Waals surface area contributed by atoms with Crippen molar-refractivity contribution < 1.29 is 5.11 Å². The Morgan fingerprint density at radius 1 is 1.20 bits per heavy atom. The number of rotatable bonds is 6. The summed E-state index contributed by atoms with van der Waals surface area (Å²) >= 11 is 1.90. The monoisotopic (exact) mass is 224 g/mol. The first-order valence-corrected chi connectivity index (χ1v) is 6.54. The number of unbranched alkanes of at least 4 members (excludes halogenated alkanes) is 1. The van der Waals surface area contributed by atoms with E-state index in [1.165, 1.54) is 16.9 Å². The van der Waals surface area contributed by atoms with Gasteiger partial charge in [-0.05, 0) is 44.6 Å². The highest BCUT2D eigenvalue weighted by Crippen LogP contribution is 2.20. The molecule has 1 aromatic carbocycles. The third-order valence-corrected chi connectivity index (χ3v) is 3.40. The van der Waals surface area contributed by atoms with E-state index < -0.39 is 0 Å². The third kappa shape index (κ3) is 5.85. The van der Waals surface area contributed by atoms with Crippen LogP contribution in [-0.4, -0.2) is 17.0 Å². The first kappa shape index (κ1) is 12.6. The minimum absolute atomic E-state index is 0.144. The van der Waals surface area contributed by atoms with Crippen molar-refractivity contribution in [3.63, 3.8) is 0 Å². The second-order valence-electron chi connectivity index (χ2n) is 4.01. The molecule has 2 heteroatoms. The molecule has 1 atom stereocenters. The Labute approximate surface area is 96.9 Å². The van der Waals surface area contributed by atoms with E-state index in [1.54, 1.807) is 0 Å². The molecule has 0 fully saturated rings. The first-order chi connectivity index (χ1) is 7.18. The van der Waals surface area contributed by atoms with Crippen molar-refractivity contribution in [1.29, 1.82) is 0 Å². The molecule has 0 aliphatic carbocycles. The normalized spacial score (nSPS) is 12.7. The first-order valence-electron chi connectivity index (χ1n) is 5.56. The zero-order valence-corrected chi connectivity index (χ0v) is 10.4. The van der Waals surface area contributed by atoms with Crippen LogP contribution in [0.1, 0.15) is 31.7 Å². The van der Waals surface area contributed by atoms with Crippen molar-refractivity contribution in [3.05, 3.63) is 29.8 Å². The lowest BCUT2D eigenvalue weighted by Gasteiger charge is -2.04. The summed E-state index contributed by atoms with van der Waals surface area (Å²) in [6, 6.07) is 8.65. The van der Waals surface area contributed by atoms with Gasteiger partial charge in [-0.1, -0.05) is 24.1 Å². The van der Waals surface area contributed by atoms with Crippen molar-refractivity contribution in [1.82, 2.24) is 0 Å². The molecular weight excluding hydrogens is 204 g/mol. The van der Waals surface area contributed by atoms with Crippen LogP contribution in [0.5, 0.6) is 0 Å². The molecule has 0 radical (unpaired) electrons. The quantitative estimate of drug-likeness (QED) is 0.588. The lowest BCUT2D eigenvalue weighted by atomic mass is 10.2. The van der Waals surface area contributed by atoms with Crippen molar-refractivity contribution >= 4 is 11.8 Å². The minimum atomic E-state index is -0.144. The lowest BCUT2D eigenvalue weighted by Crippen LogP contribution is -1.98. The van der Waals surface area contributed by atoms with Crippen LogP contribution in [0.25, 0.3) is 0 Å². The Morgan fingerprint density at radius 2 is 1.87 bits per heavy atom. The van der Waals surface area contributed by atoms with Crippen LogP contribution in [0.3, 0.4) is 0 Å². The maximum atomic E-state index is 9.09. The van der Waals surface area contributed by atoms with Crippen LogP contribution >= 0.6 is 11.8 Å². The number of aliphatic hydroxyl groups is 1. The lowest BCUT2D eigenvalue weighted by molar-refractivity contribution is 0.181. The third-order valence-electron chi connectivity index (χ3n) is 2.31. The molecule has 0 aliphatic rings. The second-order valence-corrected chi connectivity index (χ2v) is 5.17. The van der Waals surface area contributed by atoms with E-state index in [2.05, 4.69) is 31.2 Å². The molecule has 0 heterocycles. The summed E-state index contributed by atoms with van der Waals surface area (Å²) in [5.74, 6) is 1.15. The van der Waals surface area contributed by atoms with Gasteiger partial charge in [0.1, 0.15) is 0 Å². The molecule has 1 nitrogen and oxygen atoms in total. The molecule has 0 aliphatic heterocycles.